The van der Waals surface area contributed by atoms with Crippen LogP contribution in [0, 0.1) is 11.8 Å². The molecule has 36 heavy (non-hydrogen) atoms. The van der Waals surface area contributed by atoms with Gasteiger partial charge in [-0.2, -0.15) is 0 Å². The summed E-state index contributed by atoms with van der Waals surface area (Å²) in [5.41, 5.74) is 2.61. The van der Waals surface area contributed by atoms with Gasteiger partial charge in [0.15, 0.2) is 11.4 Å². The van der Waals surface area contributed by atoms with Gasteiger partial charge in [-0.05, 0) is 30.4 Å². The molecule has 3 unspecified atom stereocenters. The van der Waals surface area contributed by atoms with Gasteiger partial charge in [0.25, 0.3) is 12.3 Å². The number of phenols is 1. The molecule has 7 N–H and O–H groups in total. The number of carbonyl (C=O) groups excluding carboxylic acids is 3. The minimum absolute atomic E-state index is 0.0221. The zero-order chi connectivity index (χ0) is 26.7. The molecular weight excluding hydrogens is 480 g/mol. The number of hydrogen-bond donors (Lipinski definition) is 6. The van der Waals surface area contributed by atoms with Crippen LogP contribution in [0.15, 0.2) is 23.0 Å². The Bertz CT molecular complexity index is 1240. The average Bonchev–Trinajstić information content (AvgIpc) is 2.77. The number of halogens is 2. The van der Waals surface area contributed by atoms with Crippen LogP contribution in [0.4, 0.5) is 14.5 Å². The smallest absolute Gasteiger partial charge is 0.255 e. The molecule has 1 aromatic carbocycles. The number of ketones is 2. The van der Waals surface area contributed by atoms with Gasteiger partial charge in [0.1, 0.15) is 22.8 Å². The van der Waals surface area contributed by atoms with E-state index in [0.29, 0.717) is 11.3 Å². The van der Waals surface area contributed by atoms with Crippen molar-refractivity contribution in [3.8, 4) is 5.75 Å². The highest BCUT2D eigenvalue weighted by Crippen LogP contribution is 2.53. The summed E-state index contributed by atoms with van der Waals surface area (Å²) in [6, 6.07) is 1.60. The fraction of sp³-hybridized carbons (Fsp3) is 0.458. The van der Waals surface area contributed by atoms with Crippen molar-refractivity contribution in [3.63, 3.8) is 0 Å². The van der Waals surface area contributed by atoms with Crippen LogP contribution in [0.3, 0.4) is 0 Å². The number of nitrogens with two attached hydrogens (primary N) is 1. The zero-order valence-corrected chi connectivity index (χ0v) is 19.6. The molecule has 1 amide bonds. The Balaban J connectivity index is 1.88. The number of carbonyl (C=O) groups is 3. The normalized spacial score (nSPS) is 25.6. The summed E-state index contributed by atoms with van der Waals surface area (Å²) >= 11 is 0. The van der Waals surface area contributed by atoms with Crippen molar-refractivity contribution in [1.82, 2.24) is 5.32 Å². The first-order valence-corrected chi connectivity index (χ1v) is 11.3. The number of hydrogen-bond acceptors (Lipinski definition) is 9. The fourth-order valence-corrected chi connectivity index (χ4v) is 5.57. The number of nitrogens with zero attached hydrogens (tertiary/aromatic N) is 1. The van der Waals surface area contributed by atoms with Crippen molar-refractivity contribution in [2.24, 2.45) is 17.6 Å². The van der Waals surface area contributed by atoms with E-state index in [1.54, 1.807) is 25.1 Å². The number of rotatable bonds is 6. The number of nitrogens with one attached hydrogen (secondary N) is 1. The second kappa shape index (κ2) is 8.86. The van der Waals surface area contributed by atoms with E-state index < -0.39 is 77.1 Å². The van der Waals surface area contributed by atoms with Crippen molar-refractivity contribution in [2.45, 2.75) is 37.8 Å². The lowest BCUT2D eigenvalue weighted by molar-refractivity contribution is -0.147. The van der Waals surface area contributed by atoms with Gasteiger partial charge in [-0.3, -0.25) is 14.4 Å². The number of aliphatic hydroxyl groups excluding tert-OH is 2. The Morgan fingerprint density at radius 1 is 1.25 bits per heavy atom. The quantitative estimate of drug-likeness (QED) is 0.305. The van der Waals surface area contributed by atoms with Crippen LogP contribution in [0.2, 0.25) is 0 Å². The van der Waals surface area contributed by atoms with E-state index in [-0.39, 0.29) is 36.1 Å². The highest BCUT2D eigenvalue weighted by atomic mass is 19.3. The lowest BCUT2D eigenvalue weighted by Gasteiger charge is -2.46. The molecule has 0 spiro atoms. The first-order chi connectivity index (χ1) is 16.8. The summed E-state index contributed by atoms with van der Waals surface area (Å²) < 4.78 is 25.2. The number of benzene rings is 1. The molecule has 3 aliphatic rings. The van der Waals surface area contributed by atoms with Crippen LogP contribution in [0.1, 0.15) is 29.5 Å². The second-order valence-corrected chi connectivity index (χ2v) is 9.58. The number of amides is 1. The van der Waals surface area contributed by atoms with Gasteiger partial charge in [0.2, 0.25) is 5.78 Å². The maximum atomic E-state index is 13.6. The summed E-state index contributed by atoms with van der Waals surface area (Å²) in [4.78, 5) is 39.4. The third kappa shape index (κ3) is 3.71. The van der Waals surface area contributed by atoms with E-state index in [2.05, 4.69) is 5.32 Å². The zero-order valence-electron chi connectivity index (χ0n) is 19.6. The van der Waals surface area contributed by atoms with Crippen molar-refractivity contribution in [3.05, 3.63) is 39.7 Å². The molecule has 3 aliphatic carbocycles. The Labute approximate surface area is 204 Å². The Morgan fingerprint density at radius 3 is 2.50 bits per heavy atom. The largest absolute Gasteiger partial charge is 0.508 e. The number of aromatic hydroxyl groups is 1. The van der Waals surface area contributed by atoms with Crippen LogP contribution in [-0.4, -0.2) is 70.6 Å². The monoisotopic (exact) mass is 507 g/mol. The van der Waals surface area contributed by atoms with Gasteiger partial charge in [-0.15, -0.1) is 0 Å². The average molecular weight is 507 g/mol. The standard InChI is InChI=1S/C24H27F2N3O7/c1-29(2)13-5-10(7-28-8-15(25)26)19(31)17-12(13)4-9-3-11-6-14(30)18(23(27)35)22(34)24(11,36)21(33)16(9)20(17)32/h5,9,11,15,28,31-32,34,36H,3-4,6-8H2,1-2H3,(H2,27,35). The molecule has 0 aliphatic heterocycles. The molecular formula is C24H27F2N3O7. The predicted octanol–water partition coefficient (Wildman–Crippen LogP) is 0.845. The molecule has 0 radical (unpaired) electrons. The summed E-state index contributed by atoms with van der Waals surface area (Å²) in [5, 5.41) is 46.6. The maximum Gasteiger partial charge on any atom is 0.255 e. The summed E-state index contributed by atoms with van der Waals surface area (Å²) in [6.07, 6.45) is -2.84. The molecule has 1 saturated carbocycles. The van der Waals surface area contributed by atoms with Crippen molar-refractivity contribution >= 4 is 28.9 Å². The highest BCUT2D eigenvalue weighted by molar-refractivity contribution is 6.22. The SMILES string of the molecule is CN(C)c1cc(CNCC(F)F)c(O)c2c1CC1CC3CC(=O)C(C(N)=O)=C(O)C3(O)C(=O)C1=C2O. The number of anilines is 1. The van der Waals surface area contributed by atoms with Crippen LogP contribution in [0.25, 0.3) is 5.76 Å². The molecule has 0 heterocycles. The van der Waals surface area contributed by atoms with E-state index in [9.17, 15) is 43.6 Å². The van der Waals surface area contributed by atoms with Crippen molar-refractivity contribution in [1.29, 1.82) is 0 Å². The van der Waals surface area contributed by atoms with Gasteiger partial charge in [0.05, 0.1) is 12.1 Å². The molecule has 0 saturated heterocycles. The molecule has 12 heteroatoms. The number of phenolic OH excluding ortho intramolecular Hbond substituents is 1. The van der Waals surface area contributed by atoms with E-state index >= 15 is 0 Å². The van der Waals surface area contributed by atoms with E-state index in [1.807, 2.05) is 0 Å². The van der Waals surface area contributed by atoms with Gasteiger partial charge in [-0.25, -0.2) is 8.78 Å². The Hall–Kier alpha value is -3.51. The topological polar surface area (TPSA) is 173 Å². The minimum atomic E-state index is -2.65. The Kier molecular flexibility index (Phi) is 6.29. The van der Waals surface area contributed by atoms with Crippen LogP contribution in [-0.2, 0) is 27.3 Å². The van der Waals surface area contributed by atoms with Gasteiger partial charge >= 0.3 is 0 Å². The van der Waals surface area contributed by atoms with Crippen LogP contribution >= 0.6 is 0 Å². The molecule has 10 nitrogen and oxygen atoms in total. The molecule has 194 valence electrons. The van der Waals surface area contributed by atoms with E-state index in [0.717, 1.165) is 0 Å². The molecule has 1 aromatic rings. The molecule has 0 aromatic heterocycles. The fourth-order valence-electron chi connectivity index (χ4n) is 5.57. The lowest BCUT2D eigenvalue weighted by Crippen LogP contribution is -2.58. The molecule has 0 bridgehead atoms. The Morgan fingerprint density at radius 2 is 1.92 bits per heavy atom. The summed E-state index contributed by atoms with van der Waals surface area (Å²) in [5.74, 6) is -7.08. The first kappa shape index (κ1) is 25.6. The number of aliphatic hydroxyl groups is 3. The van der Waals surface area contributed by atoms with E-state index in [1.165, 1.54) is 0 Å². The number of primary amides is 1. The molecule has 4 rings (SSSR count). The first-order valence-electron chi connectivity index (χ1n) is 11.3. The second-order valence-electron chi connectivity index (χ2n) is 9.58. The number of Topliss-reactive ketones (excluding diaryl/α,β-unsaturated/α-hetero) is 2. The number of alkyl halides is 2. The third-order valence-electron chi connectivity index (χ3n) is 7.21. The lowest BCUT2D eigenvalue weighted by atomic mass is 9.59. The highest BCUT2D eigenvalue weighted by Gasteiger charge is 2.60. The maximum absolute atomic E-state index is 13.6. The summed E-state index contributed by atoms with van der Waals surface area (Å²) in [7, 11) is 3.44. The predicted molar refractivity (Wildman–Crippen MR) is 123 cm³/mol. The number of fused-ring (bicyclic) bond motifs is 3. The van der Waals surface area contributed by atoms with Crippen molar-refractivity contribution < 1.29 is 43.6 Å². The third-order valence-corrected chi connectivity index (χ3v) is 7.21. The van der Waals surface area contributed by atoms with Crippen LogP contribution < -0.4 is 16.0 Å². The minimum Gasteiger partial charge on any atom is -0.508 e. The van der Waals surface area contributed by atoms with E-state index in [4.69, 9.17) is 5.73 Å². The molecule has 3 atom stereocenters. The van der Waals surface area contributed by atoms with Crippen molar-refractivity contribution in [2.75, 3.05) is 25.5 Å². The summed E-state index contributed by atoms with van der Waals surface area (Å²) in [6.45, 7) is -0.772. The van der Waals surface area contributed by atoms with Gasteiger partial charge < -0.3 is 36.4 Å². The van der Waals surface area contributed by atoms with Crippen LogP contribution in [0.5, 0.6) is 5.75 Å². The molecule has 1 fully saturated rings. The van der Waals surface area contributed by atoms with Gasteiger partial charge in [0, 0.05) is 49.8 Å². The van der Waals surface area contributed by atoms with Gasteiger partial charge in [-0.1, -0.05) is 0 Å².